The number of carbonyl (C=O) groups is 3. The zero-order chi connectivity index (χ0) is 26.7. The van der Waals surface area contributed by atoms with Gasteiger partial charge in [0, 0.05) is 22.9 Å². The summed E-state index contributed by atoms with van der Waals surface area (Å²) in [6.07, 6.45) is -0.745. The molecule has 2 heterocycles. The Balaban J connectivity index is 1.87. The molecule has 37 heavy (non-hydrogen) atoms. The number of hydrogen-bond donors (Lipinski definition) is 1. The Morgan fingerprint density at radius 2 is 1.70 bits per heavy atom. The molecule has 9 heteroatoms. The van der Waals surface area contributed by atoms with Crippen LogP contribution in [0.2, 0.25) is 0 Å². The average molecular weight is 503 g/mol. The van der Waals surface area contributed by atoms with Gasteiger partial charge in [0.2, 0.25) is 6.17 Å². The van der Waals surface area contributed by atoms with Crippen LogP contribution in [0.5, 0.6) is 0 Å². The lowest BCUT2D eigenvalue weighted by Gasteiger charge is -2.26. The Hall–Kier alpha value is -4.40. The molecule has 0 aliphatic carbocycles. The zero-order valence-electron chi connectivity index (χ0n) is 21.0. The number of anilines is 1. The van der Waals surface area contributed by atoms with Gasteiger partial charge in [-0.1, -0.05) is 30.3 Å². The highest BCUT2D eigenvalue weighted by Crippen LogP contribution is 2.30. The summed E-state index contributed by atoms with van der Waals surface area (Å²) < 4.78 is 20.3. The van der Waals surface area contributed by atoms with E-state index in [4.69, 9.17) is 4.74 Å². The molecule has 0 radical (unpaired) electrons. The summed E-state index contributed by atoms with van der Waals surface area (Å²) in [6, 6.07) is 16.3. The number of carbonyl (C=O) groups excluding carboxylic acids is 3. The summed E-state index contributed by atoms with van der Waals surface area (Å²) >= 11 is 0. The fourth-order valence-corrected chi connectivity index (χ4v) is 4.01. The van der Waals surface area contributed by atoms with Crippen LogP contribution in [0.4, 0.5) is 14.9 Å². The van der Waals surface area contributed by atoms with Gasteiger partial charge in [-0.05, 0) is 58.0 Å². The maximum absolute atomic E-state index is 15.0. The van der Waals surface area contributed by atoms with Crippen LogP contribution in [-0.2, 0) is 16.1 Å². The maximum Gasteiger partial charge on any atom is 0.409 e. The molecule has 2 aromatic carbocycles. The number of amides is 2. The number of pyridine rings is 1. The van der Waals surface area contributed by atoms with Crippen molar-refractivity contribution in [3.05, 3.63) is 95.1 Å². The van der Waals surface area contributed by atoms with Gasteiger partial charge in [0.25, 0.3) is 5.91 Å². The van der Waals surface area contributed by atoms with E-state index in [9.17, 15) is 18.8 Å². The second-order valence-electron chi connectivity index (χ2n) is 9.50. The third kappa shape index (κ3) is 5.72. The van der Waals surface area contributed by atoms with Crippen molar-refractivity contribution in [3.8, 4) is 0 Å². The minimum absolute atomic E-state index is 0.0713. The van der Waals surface area contributed by atoms with Crippen LogP contribution in [0.25, 0.3) is 0 Å². The van der Waals surface area contributed by atoms with Gasteiger partial charge in [0.05, 0.1) is 23.6 Å². The Morgan fingerprint density at radius 3 is 2.38 bits per heavy atom. The van der Waals surface area contributed by atoms with E-state index in [1.54, 1.807) is 75.4 Å². The van der Waals surface area contributed by atoms with Gasteiger partial charge in [-0.25, -0.2) is 14.2 Å². The molecule has 1 aliphatic heterocycles. The molecule has 1 atom stereocenters. The van der Waals surface area contributed by atoms with Crippen molar-refractivity contribution in [2.24, 2.45) is 4.99 Å². The largest absolute Gasteiger partial charge is 0.444 e. The lowest BCUT2D eigenvalue weighted by atomic mass is 9.99. The number of hydrogen-bond acceptors (Lipinski definition) is 6. The number of nitrogens with one attached hydrogen (secondary N) is 1. The highest BCUT2D eigenvalue weighted by atomic mass is 19.1. The van der Waals surface area contributed by atoms with Crippen LogP contribution in [0.15, 0.2) is 71.9 Å². The number of ketones is 1. The Labute approximate surface area is 214 Å². The van der Waals surface area contributed by atoms with Crippen molar-refractivity contribution in [1.29, 1.82) is 0 Å². The molecule has 0 fully saturated rings. The summed E-state index contributed by atoms with van der Waals surface area (Å²) in [5.41, 5.74) is 1.20. The van der Waals surface area contributed by atoms with Gasteiger partial charge in [-0.15, -0.1) is 0 Å². The quantitative estimate of drug-likeness (QED) is 0.512. The number of benzodiazepines with no additional fused rings is 1. The molecule has 0 saturated carbocycles. The molecule has 1 aliphatic rings. The lowest BCUT2D eigenvalue weighted by molar-refractivity contribution is -0.120. The summed E-state index contributed by atoms with van der Waals surface area (Å²) in [7, 11) is 0. The fraction of sp³-hybridized carbons (Fsp3) is 0.250. The van der Waals surface area contributed by atoms with E-state index in [1.807, 2.05) is 0 Å². The van der Waals surface area contributed by atoms with Crippen molar-refractivity contribution in [1.82, 2.24) is 10.3 Å². The fourth-order valence-electron chi connectivity index (χ4n) is 4.01. The van der Waals surface area contributed by atoms with E-state index < -0.39 is 29.6 Å². The zero-order valence-corrected chi connectivity index (χ0v) is 21.0. The van der Waals surface area contributed by atoms with E-state index in [1.165, 1.54) is 24.1 Å². The van der Waals surface area contributed by atoms with Gasteiger partial charge >= 0.3 is 6.09 Å². The number of fused-ring (bicyclic) bond motifs is 1. The molecule has 1 aromatic heterocycles. The molecule has 0 unspecified atom stereocenters. The summed E-state index contributed by atoms with van der Waals surface area (Å²) in [6.45, 7) is 6.44. The number of para-hydroxylation sites is 1. The van der Waals surface area contributed by atoms with Crippen LogP contribution in [0, 0.1) is 5.82 Å². The van der Waals surface area contributed by atoms with E-state index >= 15 is 0 Å². The number of rotatable bonds is 5. The topological polar surface area (TPSA) is 101 Å². The van der Waals surface area contributed by atoms with Gasteiger partial charge in [0.1, 0.15) is 11.4 Å². The molecule has 190 valence electrons. The summed E-state index contributed by atoms with van der Waals surface area (Å²) in [5.74, 6) is -1.33. The first-order valence-corrected chi connectivity index (χ1v) is 11.7. The molecular weight excluding hydrogens is 475 g/mol. The predicted octanol–water partition coefficient (Wildman–Crippen LogP) is 4.66. The number of benzene rings is 2. The highest BCUT2D eigenvalue weighted by Gasteiger charge is 2.35. The first-order chi connectivity index (χ1) is 17.5. The third-order valence-corrected chi connectivity index (χ3v) is 5.57. The average Bonchev–Trinajstić information content (AvgIpc) is 2.94. The monoisotopic (exact) mass is 502 g/mol. The molecule has 0 bridgehead atoms. The standard InChI is InChI=1S/C28H27FN4O4/c1-17(34)18-12-9-15-30-22(18)16-33-23-14-8-6-11-20(23)24(19-10-5-7-13-21(19)29)31-25(26(33)35)32-27(36)37-28(2,3)4/h5-15,25H,16H2,1-4H3,(H,32,36)/t25-/m1/s1. The van der Waals surface area contributed by atoms with E-state index in [0.29, 0.717) is 22.5 Å². The normalized spacial score (nSPS) is 15.4. The summed E-state index contributed by atoms with van der Waals surface area (Å²) in [4.78, 5) is 49.1. The minimum Gasteiger partial charge on any atom is -0.444 e. The number of alkyl carbamates (subject to hydrolysis) is 1. The highest BCUT2D eigenvalue weighted by molar-refractivity contribution is 6.20. The number of aromatic nitrogens is 1. The third-order valence-electron chi connectivity index (χ3n) is 5.57. The van der Waals surface area contributed by atoms with Gasteiger partial charge in [-0.2, -0.15) is 0 Å². The molecule has 0 saturated heterocycles. The molecular formula is C28H27FN4O4. The van der Waals surface area contributed by atoms with Crippen LogP contribution in [-0.4, -0.2) is 40.2 Å². The first-order valence-electron chi connectivity index (χ1n) is 11.7. The Kier molecular flexibility index (Phi) is 7.15. The number of Topliss-reactive ketones (excluding diaryl/α,β-unsaturated/α-hetero) is 1. The number of aliphatic imine (C=N–C) groups is 1. The molecule has 8 nitrogen and oxygen atoms in total. The maximum atomic E-state index is 15.0. The van der Waals surface area contributed by atoms with Crippen LogP contribution in [0.1, 0.15) is 54.9 Å². The Bertz CT molecular complexity index is 1400. The van der Waals surface area contributed by atoms with Crippen LogP contribution in [0.3, 0.4) is 0 Å². The minimum atomic E-state index is -1.43. The second kappa shape index (κ2) is 10.3. The van der Waals surface area contributed by atoms with Crippen LogP contribution < -0.4 is 10.2 Å². The number of nitrogens with zero attached hydrogens (tertiary/aromatic N) is 3. The predicted molar refractivity (Wildman–Crippen MR) is 137 cm³/mol. The lowest BCUT2D eigenvalue weighted by Crippen LogP contribution is -2.48. The number of ether oxygens (including phenoxy) is 1. The Morgan fingerprint density at radius 1 is 1.03 bits per heavy atom. The van der Waals surface area contributed by atoms with Crippen LogP contribution >= 0.6 is 0 Å². The van der Waals surface area contributed by atoms with Crippen molar-refractivity contribution < 1.29 is 23.5 Å². The van der Waals surface area contributed by atoms with Crippen molar-refractivity contribution >= 4 is 29.2 Å². The molecule has 3 aromatic rings. The smallest absolute Gasteiger partial charge is 0.409 e. The van der Waals surface area contributed by atoms with Crippen molar-refractivity contribution in [2.45, 2.75) is 46.0 Å². The SMILES string of the molecule is CC(=O)c1cccnc1CN1C(=O)[C@@H](NC(=O)OC(C)(C)C)N=C(c2ccccc2F)c2ccccc21. The first kappa shape index (κ1) is 25.7. The van der Waals surface area contributed by atoms with E-state index in [0.717, 1.165) is 0 Å². The second-order valence-corrected chi connectivity index (χ2v) is 9.50. The summed E-state index contributed by atoms with van der Waals surface area (Å²) in [5, 5.41) is 2.52. The number of halogens is 1. The molecule has 2 amide bonds. The van der Waals surface area contributed by atoms with Gasteiger partial charge in [-0.3, -0.25) is 19.9 Å². The van der Waals surface area contributed by atoms with Gasteiger partial charge in [0.15, 0.2) is 5.78 Å². The molecule has 1 N–H and O–H groups in total. The molecule has 4 rings (SSSR count). The van der Waals surface area contributed by atoms with Crippen molar-refractivity contribution in [2.75, 3.05) is 4.90 Å². The van der Waals surface area contributed by atoms with E-state index in [2.05, 4.69) is 15.3 Å². The van der Waals surface area contributed by atoms with E-state index in [-0.39, 0.29) is 23.6 Å². The van der Waals surface area contributed by atoms with Crippen molar-refractivity contribution in [3.63, 3.8) is 0 Å². The van der Waals surface area contributed by atoms with Gasteiger partial charge < -0.3 is 9.64 Å². The molecule has 0 spiro atoms.